The molecule has 0 aromatic heterocycles. The van der Waals surface area contributed by atoms with E-state index in [9.17, 15) is 19.7 Å². The number of carbonyl (C=O) groups excluding carboxylic acids is 2. The first-order valence-electron chi connectivity index (χ1n) is 4.62. The molecule has 6 nitrogen and oxygen atoms in total. The van der Waals surface area contributed by atoms with Crippen molar-refractivity contribution in [1.29, 1.82) is 0 Å². The standard InChI is InChI=1S/C10H4Br2N2O4/c11-7-8(12)10(16)13(9(7)15)5-1-3-6(4-2-5)14(17)18/h1-4H. The van der Waals surface area contributed by atoms with Gasteiger partial charge in [-0.2, -0.15) is 0 Å². The van der Waals surface area contributed by atoms with Gasteiger partial charge in [0.25, 0.3) is 17.5 Å². The molecule has 1 aromatic carbocycles. The van der Waals surface area contributed by atoms with Crippen LogP contribution in [0.25, 0.3) is 0 Å². The summed E-state index contributed by atoms with van der Waals surface area (Å²) in [6, 6.07) is 5.16. The van der Waals surface area contributed by atoms with E-state index in [1.807, 2.05) is 0 Å². The Labute approximate surface area is 118 Å². The maximum atomic E-state index is 11.8. The van der Waals surface area contributed by atoms with Crippen molar-refractivity contribution < 1.29 is 14.5 Å². The lowest BCUT2D eigenvalue weighted by atomic mass is 10.2. The Morgan fingerprint density at radius 3 is 1.83 bits per heavy atom. The number of non-ortho nitro benzene ring substituents is 1. The molecule has 92 valence electrons. The van der Waals surface area contributed by atoms with E-state index in [0.29, 0.717) is 0 Å². The highest BCUT2D eigenvalue weighted by atomic mass is 79.9. The molecule has 2 amide bonds. The number of hydrogen-bond donors (Lipinski definition) is 0. The third-order valence-electron chi connectivity index (χ3n) is 2.29. The van der Waals surface area contributed by atoms with Crippen molar-refractivity contribution in [2.24, 2.45) is 0 Å². The van der Waals surface area contributed by atoms with E-state index >= 15 is 0 Å². The van der Waals surface area contributed by atoms with Gasteiger partial charge in [0.2, 0.25) is 0 Å². The molecule has 0 unspecified atom stereocenters. The van der Waals surface area contributed by atoms with Crippen LogP contribution in [0, 0.1) is 10.1 Å². The van der Waals surface area contributed by atoms with Crippen LogP contribution in [0.4, 0.5) is 11.4 Å². The highest BCUT2D eigenvalue weighted by Crippen LogP contribution is 2.33. The van der Waals surface area contributed by atoms with E-state index in [0.717, 1.165) is 4.90 Å². The van der Waals surface area contributed by atoms with Crippen LogP contribution < -0.4 is 4.90 Å². The topological polar surface area (TPSA) is 80.5 Å². The summed E-state index contributed by atoms with van der Waals surface area (Å²) in [5, 5.41) is 10.5. The maximum Gasteiger partial charge on any atom is 0.273 e. The van der Waals surface area contributed by atoms with Crippen molar-refractivity contribution in [2.75, 3.05) is 4.90 Å². The highest BCUT2D eigenvalue weighted by molar-refractivity contribution is 9.14. The molecule has 0 fully saturated rings. The monoisotopic (exact) mass is 374 g/mol. The fraction of sp³-hybridized carbons (Fsp3) is 0. The average molecular weight is 376 g/mol. The van der Waals surface area contributed by atoms with Gasteiger partial charge in [-0.3, -0.25) is 19.7 Å². The molecule has 0 saturated carbocycles. The minimum absolute atomic E-state index is 0.107. The number of benzene rings is 1. The van der Waals surface area contributed by atoms with Gasteiger partial charge in [-0.05, 0) is 44.0 Å². The molecular weight excluding hydrogens is 372 g/mol. The Hall–Kier alpha value is -1.54. The molecule has 0 aliphatic carbocycles. The zero-order chi connectivity index (χ0) is 13.4. The van der Waals surface area contributed by atoms with Crippen molar-refractivity contribution in [3.63, 3.8) is 0 Å². The van der Waals surface area contributed by atoms with E-state index in [-0.39, 0.29) is 20.3 Å². The number of hydrogen-bond acceptors (Lipinski definition) is 4. The van der Waals surface area contributed by atoms with Crippen molar-refractivity contribution in [2.45, 2.75) is 0 Å². The Kier molecular flexibility index (Phi) is 3.31. The predicted molar refractivity (Wildman–Crippen MR) is 70.5 cm³/mol. The molecule has 0 atom stereocenters. The van der Waals surface area contributed by atoms with Crippen molar-refractivity contribution >= 4 is 55.0 Å². The van der Waals surface area contributed by atoms with Gasteiger partial charge >= 0.3 is 0 Å². The fourth-order valence-electron chi connectivity index (χ4n) is 1.43. The van der Waals surface area contributed by atoms with Crippen LogP contribution in [0.5, 0.6) is 0 Å². The van der Waals surface area contributed by atoms with Crippen LogP contribution >= 0.6 is 31.9 Å². The van der Waals surface area contributed by atoms with Crippen LogP contribution in [0.1, 0.15) is 0 Å². The molecule has 18 heavy (non-hydrogen) atoms. The minimum atomic E-state index is -0.554. The maximum absolute atomic E-state index is 11.8. The smallest absolute Gasteiger partial charge is 0.268 e. The molecule has 2 rings (SSSR count). The molecule has 0 bridgehead atoms. The summed E-state index contributed by atoms with van der Waals surface area (Å²) >= 11 is 5.99. The number of nitro benzene ring substituents is 1. The van der Waals surface area contributed by atoms with Gasteiger partial charge in [0.15, 0.2) is 0 Å². The zero-order valence-electron chi connectivity index (χ0n) is 8.59. The van der Waals surface area contributed by atoms with Gasteiger partial charge < -0.3 is 0 Å². The summed E-state index contributed by atoms with van der Waals surface area (Å²) in [6.07, 6.45) is 0. The second kappa shape index (κ2) is 4.62. The number of nitro groups is 1. The number of halogens is 2. The molecule has 0 saturated heterocycles. The van der Waals surface area contributed by atoms with Gasteiger partial charge in [-0.15, -0.1) is 0 Å². The van der Waals surface area contributed by atoms with E-state index in [1.54, 1.807) is 0 Å². The van der Waals surface area contributed by atoms with Gasteiger partial charge in [0.05, 0.1) is 10.6 Å². The second-order valence-electron chi connectivity index (χ2n) is 3.35. The van der Waals surface area contributed by atoms with E-state index in [2.05, 4.69) is 31.9 Å². The Balaban J connectivity index is 2.37. The number of nitrogens with zero attached hydrogens (tertiary/aromatic N) is 2. The largest absolute Gasteiger partial charge is 0.273 e. The molecule has 1 aromatic rings. The minimum Gasteiger partial charge on any atom is -0.268 e. The Bertz CT molecular complexity index is 570. The van der Waals surface area contributed by atoms with Crippen LogP contribution in [-0.4, -0.2) is 16.7 Å². The van der Waals surface area contributed by atoms with Gasteiger partial charge in [-0.1, -0.05) is 0 Å². The van der Waals surface area contributed by atoms with Crippen LogP contribution in [-0.2, 0) is 9.59 Å². The number of carbonyl (C=O) groups is 2. The molecule has 1 aliphatic rings. The Morgan fingerprint density at radius 2 is 1.44 bits per heavy atom. The summed E-state index contributed by atoms with van der Waals surface area (Å²) < 4.78 is 0.261. The molecule has 0 radical (unpaired) electrons. The quantitative estimate of drug-likeness (QED) is 0.451. The highest BCUT2D eigenvalue weighted by Gasteiger charge is 2.37. The van der Waals surface area contributed by atoms with Crippen LogP contribution in [0.3, 0.4) is 0 Å². The summed E-state index contributed by atoms with van der Waals surface area (Å²) in [4.78, 5) is 34.4. The fourth-order valence-corrected chi connectivity index (χ4v) is 2.13. The van der Waals surface area contributed by atoms with E-state index in [4.69, 9.17) is 0 Å². The van der Waals surface area contributed by atoms with Crippen molar-refractivity contribution in [3.8, 4) is 0 Å². The van der Waals surface area contributed by atoms with Crippen LogP contribution in [0.15, 0.2) is 33.2 Å². The lowest BCUT2D eigenvalue weighted by Crippen LogP contribution is -2.30. The first-order valence-corrected chi connectivity index (χ1v) is 6.20. The first kappa shape index (κ1) is 12.9. The van der Waals surface area contributed by atoms with Gasteiger partial charge in [0, 0.05) is 12.1 Å². The molecule has 8 heteroatoms. The molecule has 1 aliphatic heterocycles. The summed E-state index contributed by atoms with van der Waals surface area (Å²) in [7, 11) is 0. The molecule has 0 spiro atoms. The first-order chi connectivity index (χ1) is 8.43. The number of rotatable bonds is 2. The molecule has 1 heterocycles. The number of imide groups is 1. The molecule has 0 N–H and O–H groups in total. The molecular formula is C10H4Br2N2O4. The van der Waals surface area contributed by atoms with Gasteiger partial charge in [0.1, 0.15) is 8.96 Å². The van der Waals surface area contributed by atoms with Crippen LogP contribution in [0.2, 0.25) is 0 Å². The van der Waals surface area contributed by atoms with Crippen molar-refractivity contribution in [1.82, 2.24) is 0 Å². The van der Waals surface area contributed by atoms with Crippen molar-refractivity contribution in [3.05, 3.63) is 43.3 Å². The predicted octanol–water partition coefficient (Wildman–Crippen LogP) is 2.47. The van der Waals surface area contributed by atoms with Gasteiger partial charge in [-0.25, -0.2) is 4.90 Å². The Morgan fingerprint density at radius 1 is 1.00 bits per heavy atom. The third-order valence-corrected chi connectivity index (χ3v) is 4.30. The average Bonchev–Trinajstić information content (AvgIpc) is 2.54. The van der Waals surface area contributed by atoms with E-state index < -0.39 is 16.7 Å². The summed E-state index contributed by atoms with van der Waals surface area (Å²) in [5.74, 6) is -1.03. The zero-order valence-corrected chi connectivity index (χ0v) is 11.8. The lowest BCUT2D eigenvalue weighted by Gasteiger charge is -2.13. The summed E-state index contributed by atoms with van der Waals surface area (Å²) in [6.45, 7) is 0. The van der Waals surface area contributed by atoms with E-state index in [1.165, 1.54) is 24.3 Å². The number of amides is 2. The lowest BCUT2D eigenvalue weighted by molar-refractivity contribution is -0.384. The second-order valence-corrected chi connectivity index (χ2v) is 4.93. The third kappa shape index (κ3) is 1.97. The number of anilines is 1. The summed E-state index contributed by atoms with van der Waals surface area (Å²) in [5.41, 5.74) is 0.172. The normalized spacial score (nSPS) is 15.6. The SMILES string of the molecule is O=C1C(Br)=C(Br)C(=O)N1c1ccc([N+](=O)[O-])cc1.